The van der Waals surface area contributed by atoms with Gasteiger partial charge in [-0.25, -0.2) is 9.18 Å². The molecular formula is C19H21FN2O3. The minimum atomic E-state index is -0.748. The van der Waals surface area contributed by atoms with Crippen molar-refractivity contribution >= 4 is 11.7 Å². The van der Waals surface area contributed by atoms with Crippen LogP contribution in [0.5, 0.6) is 5.75 Å². The lowest BCUT2D eigenvalue weighted by Crippen LogP contribution is -2.48. The second-order valence-electron chi connectivity index (χ2n) is 6.29. The number of amides is 2. The van der Waals surface area contributed by atoms with Crippen molar-refractivity contribution in [2.75, 3.05) is 11.9 Å². The Balaban J connectivity index is 1.46. The number of urea groups is 1. The van der Waals surface area contributed by atoms with Crippen LogP contribution in [0.25, 0.3) is 0 Å². The van der Waals surface area contributed by atoms with Crippen LogP contribution >= 0.6 is 0 Å². The summed E-state index contributed by atoms with van der Waals surface area (Å²) in [5.41, 5.74) is 0.344. The molecular weight excluding hydrogens is 323 g/mol. The molecule has 0 spiro atoms. The predicted octanol–water partition coefficient (Wildman–Crippen LogP) is 3.44. The first-order valence-corrected chi connectivity index (χ1v) is 8.28. The zero-order valence-corrected chi connectivity index (χ0v) is 13.8. The lowest BCUT2D eigenvalue weighted by Gasteiger charge is -2.36. The number of hydrogen-bond donors (Lipinski definition) is 3. The van der Waals surface area contributed by atoms with Crippen LogP contribution in [0.1, 0.15) is 24.8 Å². The van der Waals surface area contributed by atoms with Crippen molar-refractivity contribution in [2.45, 2.75) is 31.5 Å². The second-order valence-corrected chi connectivity index (χ2v) is 6.29. The summed E-state index contributed by atoms with van der Waals surface area (Å²) < 4.78 is 19.1. The quantitative estimate of drug-likeness (QED) is 0.752. The van der Waals surface area contributed by atoms with Gasteiger partial charge in [0.25, 0.3) is 0 Å². The molecule has 2 aromatic carbocycles. The van der Waals surface area contributed by atoms with Gasteiger partial charge in [0.2, 0.25) is 0 Å². The van der Waals surface area contributed by atoms with Crippen molar-refractivity contribution in [3.63, 3.8) is 0 Å². The average Bonchev–Trinajstić information content (AvgIpc) is 2.59. The first-order valence-electron chi connectivity index (χ1n) is 8.28. The van der Waals surface area contributed by atoms with Crippen molar-refractivity contribution in [2.24, 2.45) is 0 Å². The molecule has 3 rings (SSSR count). The summed E-state index contributed by atoms with van der Waals surface area (Å²) in [5.74, 6) is 0.281. The zero-order valence-electron chi connectivity index (χ0n) is 13.8. The molecule has 0 unspecified atom stereocenters. The van der Waals surface area contributed by atoms with Gasteiger partial charge in [0.15, 0.2) is 0 Å². The SMILES string of the molecule is O=C(NCC1(O)CCC1)Nc1ccc(OCc2ccccc2F)cc1. The molecule has 1 fully saturated rings. The van der Waals surface area contributed by atoms with Crippen LogP contribution in [0.3, 0.4) is 0 Å². The minimum absolute atomic E-state index is 0.137. The molecule has 2 aromatic rings. The number of carbonyl (C=O) groups excluding carboxylic acids is 1. The van der Waals surface area contributed by atoms with E-state index in [-0.39, 0.29) is 25.0 Å². The van der Waals surface area contributed by atoms with Gasteiger partial charge in [0, 0.05) is 17.8 Å². The Bertz CT molecular complexity index is 730. The van der Waals surface area contributed by atoms with Crippen molar-refractivity contribution in [3.8, 4) is 5.75 Å². The van der Waals surface area contributed by atoms with E-state index in [0.717, 1.165) is 19.3 Å². The number of ether oxygens (including phenoxy) is 1. The van der Waals surface area contributed by atoms with Crippen LogP contribution in [0.4, 0.5) is 14.9 Å². The summed E-state index contributed by atoms with van der Waals surface area (Å²) >= 11 is 0. The van der Waals surface area contributed by atoms with Crippen LogP contribution in [-0.4, -0.2) is 23.3 Å². The van der Waals surface area contributed by atoms with E-state index in [1.807, 2.05) is 0 Å². The summed E-state index contributed by atoms with van der Waals surface area (Å²) in [6.45, 7) is 0.390. The smallest absolute Gasteiger partial charge is 0.319 e. The maximum absolute atomic E-state index is 13.5. The molecule has 1 aliphatic rings. The highest BCUT2D eigenvalue weighted by Gasteiger charge is 2.34. The Kier molecular flexibility index (Phi) is 5.19. The molecule has 1 aliphatic carbocycles. The molecule has 0 atom stereocenters. The lowest BCUT2D eigenvalue weighted by atomic mass is 9.80. The van der Waals surface area contributed by atoms with Crippen molar-refractivity contribution in [1.82, 2.24) is 5.32 Å². The summed E-state index contributed by atoms with van der Waals surface area (Å²) in [7, 11) is 0. The molecule has 0 bridgehead atoms. The Hall–Kier alpha value is -2.60. The number of benzene rings is 2. The Labute approximate surface area is 145 Å². The van der Waals surface area contributed by atoms with Gasteiger partial charge in [-0.05, 0) is 49.6 Å². The zero-order chi connectivity index (χ0) is 17.7. The van der Waals surface area contributed by atoms with E-state index < -0.39 is 5.60 Å². The van der Waals surface area contributed by atoms with Crippen LogP contribution in [0, 0.1) is 5.82 Å². The van der Waals surface area contributed by atoms with E-state index in [0.29, 0.717) is 17.0 Å². The van der Waals surface area contributed by atoms with Crippen LogP contribution in [0.15, 0.2) is 48.5 Å². The number of carbonyl (C=O) groups is 1. The fourth-order valence-electron chi connectivity index (χ4n) is 2.59. The lowest BCUT2D eigenvalue weighted by molar-refractivity contribution is -0.0287. The number of anilines is 1. The van der Waals surface area contributed by atoms with Crippen molar-refractivity contribution in [1.29, 1.82) is 0 Å². The standard InChI is InChI=1S/C19H21FN2O3/c20-17-5-2-1-4-14(17)12-25-16-8-6-15(7-9-16)22-18(23)21-13-19(24)10-3-11-19/h1-2,4-9,24H,3,10-13H2,(H2,21,22,23). The van der Waals surface area contributed by atoms with E-state index in [1.54, 1.807) is 42.5 Å². The normalized spacial score (nSPS) is 15.1. The Morgan fingerprint density at radius 1 is 1.16 bits per heavy atom. The molecule has 0 saturated heterocycles. The van der Waals surface area contributed by atoms with E-state index in [2.05, 4.69) is 10.6 Å². The highest BCUT2D eigenvalue weighted by molar-refractivity contribution is 5.89. The van der Waals surface area contributed by atoms with E-state index in [4.69, 9.17) is 4.74 Å². The number of halogens is 1. The Morgan fingerprint density at radius 3 is 2.52 bits per heavy atom. The molecule has 2 amide bonds. The molecule has 5 nitrogen and oxygen atoms in total. The number of aliphatic hydroxyl groups is 1. The van der Waals surface area contributed by atoms with Gasteiger partial charge in [-0.15, -0.1) is 0 Å². The first-order chi connectivity index (χ1) is 12.0. The van der Waals surface area contributed by atoms with Gasteiger partial charge >= 0.3 is 6.03 Å². The summed E-state index contributed by atoms with van der Waals surface area (Å²) in [6, 6.07) is 12.9. The molecule has 6 heteroatoms. The molecule has 0 heterocycles. The van der Waals surface area contributed by atoms with Gasteiger partial charge in [0.1, 0.15) is 18.2 Å². The van der Waals surface area contributed by atoms with Gasteiger partial charge < -0.3 is 20.5 Å². The van der Waals surface area contributed by atoms with E-state index in [1.165, 1.54) is 6.07 Å². The number of rotatable bonds is 6. The van der Waals surface area contributed by atoms with E-state index >= 15 is 0 Å². The highest BCUT2D eigenvalue weighted by Crippen LogP contribution is 2.30. The maximum atomic E-state index is 13.5. The van der Waals surface area contributed by atoms with Gasteiger partial charge in [-0.3, -0.25) is 0 Å². The first kappa shape index (κ1) is 17.2. The van der Waals surface area contributed by atoms with Crippen molar-refractivity contribution < 1.29 is 19.0 Å². The minimum Gasteiger partial charge on any atom is -0.489 e. The molecule has 1 saturated carbocycles. The molecule has 25 heavy (non-hydrogen) atoms. The molecule has 0 aromatic heterocycles. The Morgan fingerprint density at radius 2 is 1.88 bits per heavy atom. The number of nitrogens with one attached hydrogen (secondary N) is 2. The van der Waals surface area contributed by atoms with Crippen LogP contribution in [0.2, 0.25) is 0 Å². The van der Waals surface area contributed by atoms with Gasteiger partial charge in [-0.2, -0.15) is 0 Å². The van der Waals surface area contributed by atoms with E-state index in [9.17, 15) is 14.3 Å². The third-order valence-corrected chi connectivity index (χ3v) is 4.33. The maximum Gasteiger partial charge on any atom is 0.319 e. The molecule has 3 N–H and O–H groups in total. The van der Waals surface area contributed by atoms with Crippen LogP contribution < -0.4 is 15.4 Å². The average molecular weight is 344 g/mol. The van der Waals surface area contributed by atoms with Gasteiger partial charge in [-0.1, -0.05) is 18.2 Å². The summed E-state index contributed by atoms with van der Waals surface area (Å²) in [4.78, 5) is 11.8. The fraction of sp³-hybridized carbons (Fsp3) is 0.316. The predicted molar refractivity (Wildman–Crippen MR) is 93.0 cm³/mol. The third kappa shape index (κ3) is 4.70. The number of hydrogen-bond acceptors (Lipinski definition) is 3. The summed E-state index contributed by atoms with van der Waals surface area (Å²) in [5, 5.41) is 15.3. The van der Waals surface area contributed by atoms with Gasteiger partial charge in [0.05, 0.1) is 5.60 Å². The topological polar surface area (TPSA) is 70.6 Å². The molecule has 0 aliphatic heterocycles. The van der Waals surface area contributed by atoms with Crippen LogP contribution in [-0.2, 0) is 6.61 Å². The van der Waals surface area contributed by atoms with Crippen molar-refractivity contribution in [3.05, 3.63) is 59.9 Å². The molecule has 0 radical (unpaired) electrons. The fourth-order valence-corrected chi connectivity index (χ4v) is 2.59. The largest absolute Gasteiger partial charge is 0.489 e. The summed E-state index contributed by atoms with van der Waals surface area (Å²) in [6.07, 6.45) is 2.44. The third-order valence-electron chi connectivity index (χ3n) is 4.33. The molecule has 132 valence electrons. The highest BCUT2D eigenvalue weighted by atomic mass is 19.1. The monoisotopic (exact) mass is 344 g/mol. The second kappa shape index (κ2) is 7.53.